The lowest BCUT2D eigenvalue weighted by molar-refractivity contribution is -0.167. The van der Waals surface area contributed by atoms with Gasteiger partial charge in [-0.2, -0.15) is 0 Å². The molecule has 57 heavy (non-hydrogen) atoms. The van der Waals surface area contributed by atoms with Crippen LogP contribution in [0.25, 0.3) is 0 Å². The van der Waals surface area contributed by atoms with Gasteiger partial charge in [-0.05, 0) is 83.5 Å². The first kappa shape index (κ1) is 53.6. The Kier molecular flexibility index (Phi) is 42.6. The van der Waals surface area contributed by atoms with E-state index in [0.717, 1.165) is 89.9 Å². The molecular weight excluding hydrogens is 709 g/mol. The summed E-state index contributed by atoms with van der Waals surface area (Å²) in [4.78, 5) is 37.7. The second-order valence-electron chi connectivity index (χ2n) is 14.9. The first-order chi connectivity index (χ1) is 28.0. The van der Waals surface area contributed by atoms with Crippen molar-refractivity contribution in [3.05, 3.63) is 85.1 Å². The summed E-state index contributed by atoms with van der Waals surface area (Å²) in [5, 5.41) is 0. The highest BCUT2D eigenvalue weighted by Gasteiger charge is 2.19. The third kappa shape index (κ3) is 43.6. The van der Waals surface area contributed by atoms with E-state index in [4.69, 9.17) is 14.2 Å². The first-order valence-corrected chi connectivity index (χ1v) is 23.1. The lowest BCUT2D eigenvalue weighted by atomic mass is 10.0. The Bertz CT molecular complexity index is 1140. The topological polar surface area (TPSA) is 78.9 Å². The Balaban J connectivity index is 4.47. The molecule has 0 aliphatic heterocycles. The van der Waals surface area contributed by atoms with Gasteiger partial charge in [-0.3, -0.25) is 14.4 Å². The zero-order chi connectivity index (χ0) is 41.5. The van der Waals surface area contributed by atoms with Crippen molar-refractivity contribution in [1.82, 2.24) is 0 Å². The van der Waals surface area contributed by atoms with E-state index in [1.54, 1.807) is 0 Å². The third-order valence-electron chi connectivity index (χ3n) is 9.40. The van der Waals surface area contributed by atoms with Crippen molar-refractivity contribution >= 4 is 17.9 Å². The van der Waals surface area contributed by atoms with E-state index in [-0.39, 0.29) is 37.5 Å². The van der Waals surface area contributed by atoms with Gasteiger partial charge in [0.05, 0.1) is 0 Å². The van der Waals surface area contributed by atoms with E-state index in [9.17, 15) is 14.4 Å². The summed E-state index contributed by atoms with van der Waals surface area (Å²) in [6.45, 7) is 6.30. The molecule has 0 saturated heterocycles. The largest absolute Gasteiger partial charge is 0.462 e. The molecule has 0 radical (unpaired) electrons. The maximum absolute atomic E-state index is 12.7. The van der Waals surface area contributed by atoms with Crippen LogP contribution in [0.2, 0.25) is 0 Å². The molecule has 0 rings (SSSR count). The van der Waals surface area contributed by atoms with Gasteiger partial charge in [-0.1, -0.05) is 183 Å². The van der Waals surface area contributed by atoms with Crippen LogP contribution in [0.15, 0.2) is 85.1 Å². The molecule has 0 spiro atoms. The fourth-order valence-electron chi connectivity index (χ4n) is 5.98. The molecule has 0 aliphatic rings. The number of carbonyl (C=O) groups excluding carboxylic acids is 3. The van der Waals surface area contributed by atoms with Crippen molar-refractivity contribution in [2.24, 2.45) is 0 Å². The Morgan fingerprint density at radius 3 is 1.14 bits per heavy atom. The summed E-state index contributed by atoms with van der Waals surface area (Å²) in [5.74, 6) is -1.01. The number of rotatable bonds is 40. The third-order valence-corrected chi connectivity index (χ3v) is 9.40. The molecule has 324 valence electrons. The van der Waals surface area contributed by atoms with Gasteiger partial charge in [-0.15, -0.1) is 0 Å². The van der Waals surface area contributed by atoms with Gasteiger partial charge in [0.2, 0.25) is 0 Å². The van der Waals surface area contributed by atoms with Crippen molar-refractivity contribution < 1.29 is 28.6 Å². The molecule has 6 heteroatoms. The molecule has 6 nitrogen and oxygen atoms in total. The highest BCUT2D eigenvalue weighted by Crippen LogP contribution is 2.14. The smallest absolute Gasteiger partial charge is 0.306 e. The molecule has 0 saturated carbocycles. The number of allylic oxidation sites excluding steroid dienone is 14. The van der Waals surface area contributed by atoms with Crippen LogP contribution in [-0.2, 0) is 28.6 Å². The predicted molar refractivity (Wildman–Crippen MR) is 242 cm³/mol. The number of hydrogen-bond acceptors (Lipinski definition) is 6. The molecule has 0 aromatic carbocycles. The predicted octanol–water partition coefficient (Wildman–Crippen LogP) is 14.9. The Morgan fingerprint density at radius 2 is 0.702 bits per heavy atom. The fourth-order valence-corrected chi connectivity index (χ4v) is 5.98. The van der Waals surface area contributed by atoms with E-state index in [1.807, 2.05) is 0 Å². The summed E-state index contributed by atoms with van der Waals surface area (Å²) in [6.07, 6.45) is 57.3. The van der Waals surface area contributed by atoms with Crippen molar-refractivity contribution in [3.8, 4) is 0 Å². The second-order valence-corrected chi connectivity index (χ2v) is 14.9. The minimum absolute atomic E-state index is 0.111. The zero-order valence-electron chi connectivity index (χ0n) is 36.8. The second kappa shape index (κ2) is 45.3. The van der Waals surface area contributed by atoms with Gasteiger partial charge < -0.3 is 14.2 Å². The molecule has 1 atom stereocenters. The van der Waals surface area contributed by atoms with Gasteiger partial charge >= 0.3 is 17.9 Å². The Morgan fingerprint density at radius 1 is 0.368 bits per heavy atom. The zero-order valence-corrected chi connectivity index (χ0v) is 36.8. The number of ether oxygens (including phenoxy) is 3. The van der Waals surface area contributed by atoms with Crippen LogP contribution >= 0.6 is 0 Å². The van der Waals surface area contributed by atoms with E-state index < -0.39 is 6.10 Å². The maximum atomic E-state index is 12.7. The van der Waals surface area contributed by atoms with E-state index in [1.165, 1.54) is 64.2 Å². The highest BCUT2D eigenvalue weighted by molar-refractivity contribution is 5.71. The number of hydrogen-bond donors (Lipinski definition) is 0. The standard InChI is InChI=1S/C51H84O6/c1-4-7-10-13-16-19-21-23-24-25-26-28-29-32-35-38-41-44-50(53)56-47-48(46-55-49(52)43-40-37-34-31-18-15-12-9-6-3)57-51(54)45-42-39-36-33-30-27-22-20-17-14-11-8-5-2/h7,9-10,12,16,18-19,23-24,26,28,31-32,35,48H,4-6,8,11,13-15,17,20-22,25,27,29-30,33-34,36-47H2,1-3H3/b10-7-,12-9-,19-16-,24-23-,28-26-,31-18-,35-32-. The highest BCUT2D eigenvalue weighted by atomic mass is 16.6. The van der Waals surface area contributed by atoms with Crippen LogP contribution in [0.5, 0.6) is 0 Å². The average molecular weight is 793 g/mol. The maximum Gasteiger partial charge on any atom is 0.306 e. The van der Waals surface area contributed by atoms with Crippen LogP contribution in [0.1, 0.15) is 201 Å². The van der Waals surface area contributed by atoms with E-state index in [2.05, 4.69) is 106 Å². The van der Waals surface area contributed by atoms with Crippen molar-refractivity contribution in [3.63, 3.8) is 0 Å². The normalized spacial score (nSPS) is 12.8. The minimum Gasteiger partial charge on any atom is -0.462 e. The quantitative estimate of drug-likeness (QED) is 0.0266. The van der Waals surface area contributed by atoms with Crippen LogP contribution < -0.4 is 0 Å². The average Bonchev–Trinajstić information content (AvgIpc) is 3.21. The molecular formula is C51H84O6. The van der Waals surface area contributed by atoms with Crippen molar-refractivity contribution in [1.29, 1.82) is 0 Å². The van der Waals surface area contributed by atoms with Gasteiger partial charge in [-0.25, -0.2) is 0 Å². The molecule has 0 fully saturated rings. The fraction of sp³-hybridized carbons (Fsp3) is 0.667. The number of unbranched alkanes of at least 4 members (excludes halogenated alkanes) is 15. The summed E-state index contributed by atoms with van der Waals surface area (Å²) in [7, 11) is 0. The molecule has 0 aromatic rings. The van der Waals surface area contributed by atoms with Crippen LogP contribution in [-0.4, -0.2) is 37.2 Å². The summed E-state index contributed by atoms with van der Waals surface area (Å²) in [5.41, 5.74) is 0. The van der Waals surface area contributed by atoms with Crippen LogP contribution in [0.4, 0.5) is 0 Å². The lowest BCUT2D eigenvalue weighted by Gasteiger charge is -2.18. The van der Waals surface area contributed by atoms with Crippen molar-refractivity contribution in [2.75, 3.05) is 13.2 Å². The summed E-state index contributed by atoms with van der Waals surface area (Å²) >= 11 is 0. The number of esters is 3. The molecule has 0 amide bonds. The lowest BCUT2D eigenvalue weighted by Crippen LogP contribution is -2.30. The van der Waals surface area contributed by atoms with Gasteiger partial charge in [0.25, 0.3) is 0 Å². The summed E-state index contributed by atoms with van der Waals surface area (Å²) < 4.78 is 16.6. The van der Waals surface area contributed by atoms with Gasteiger partial charge in [0, 0.05) is 19.3 Å². The molecule has 0 aliphatic carbocycles. The van der Waals surface area contributed by atoms with E-state index in [0.29, 0.717) is 19.3 Å². The van der Waals surface area contributed by atoms with Gasteiger partial charge in [0.1, 0.15) is 13.2 Å². The van der Waals surface area contributed by atoms with Gasteiger partial charge in [0.15, 0.2) is 6.10 Å². The Labute approximate surface area is 350 Å². The molecule has 0 bridgehead atoms. The molecule has 1 unspecified atom stereocenters. The molecule has 0 heterocycles. The molecule has 0 aromatic heterocycles. The first-order valence-electron chi connectivity index (χ1n) is 23.1. The minimum atomic E-state index is -0.808. The monoisotopic (exact) mass is 793 g/mol. The SMILES string of the molecule is CC/C=C\C/C=C\C/C=C\C/C=C\C/C=C\CCCC(=O)OCC(COC(=O)CCCC/C=C\C/C=C\CC)OC(=O)CCCCCCCCCCCCCCC. The van der Waals surface area contributed by atoms with E-state index >= 15 is 0 Å². The van der Waals surface area contributed by atoms with Crippen LogP contribution in [0.3, 0.4) is 0 Å². The van der Waals surface area contributed by atoms with Crippen molar-refractivity contribution in [2.45, 2.75) is 207 Å². The Hall–Kier alpha value is -3.41. The summed E-state index contributed by atoms with van der Waals surface area (Å²) in [6, 6.07) is 0. The molecule has 0 N–H and O–H groups in total. The number of carbonyl (C=O) groups is 3. The van der Waals surface area contributed by atoms with Crippen LogP contribution in [0, 0.1) is 0 Å².